The number of fused-ring (bicyclic) bond motifs is 1. The second-order valence-electron chi connectivity index (χ2n) is 4.98. The molecular formula is C13H13N5. The highest BCUT2D eigenvalue weighted by atomic mass is 15.1. The van der Waals surface area contributed by atoms with E-state index in [0.29, 0.717) is 11.5 Å². The van der Waals surface area contributed by atoms with Crippen molar-refractivity contribution in [2.24, 2.45) is 0 Å². The van der Waals surface area contributed by atoms with Gasteiger partial charge in [0.15, 0.2) is 0 Å². The molecule has 3 rings (SSSR count). The summed E-state index contributed by atoms with van der Waals surface area (Å²) in [6.45, 7) is 2.14. The molecule has 18 heavy (non-hydrogen) atoms. The van der Waals surface area contributed by atoms with Crippen LogP contribution in [0.1, 0.15) is 25.5 Å². The summed E-state index contributed by atoms with van der Waals surface area (Å²) >= 11 is 0. The summed E-state index contributed by atoms with van der Waals surface area (Å²) < 4.78 is 0. The quantitative estimate of drug-likeness (QED) is 0.837. The van der Waals surface area contributed by atoms with Crippen LogP contribution in [0.4, 0.5) is 11.6 Å². The van der Waals surface area contributed by atoms with Crippen LogP contribution < -0.4 is 11.1 Å². The maximum Gasteiger partial charge on any atom is 0.143 e. The Hall–Kier alpha value is -2.35. The number of anilines is 2. The average Bonchev–Trinajstić information content (AvgIpc) is 3.07. The highest BCUT2D eigenvalue weighted by Gasteiger charge is 2.37. The van der Waals surface area contributed by atoms with Gasteiger partial charge in [0.1, 0.15) is 23.4 Å². The molecule has 0 atom stereocenters. The summed E-state index contributed by atoms with van der Waals surface area (Å²) in [5.74, 6) is 1.18. The molecule has 0 unspecified atom stereocenters. The largest absolute Gasteiger partial charge is 0.384 e. The number of aromatic nitrogens is 2. The van der Waals surface area contributed by atoms with Crippen LogP contribution in [0.5, 0.6) is 0 Å². The van der Waals surface area contributed by atoms with E-state index in [9.17, 15) is 0 Å². The molecule has 2 aromatic rings. The lowest BCUT2D eigenvalue weighted by Crippen LogP contribution is -2.17. The van der Waals surface area contributed by atoms with Gasteiger partial charge < -0.3 is 11.1 Å². The van der Waals surface area contributed by atoms with Gasteiger partial charge in [0, 0.05) is 22.5 Å². The molecule has 1 saturated carbocycles. The first kappa shape index (κ1) is 10.8. The highest BCUT2D eigenvalue weighted by Crippen LogP contribution is 2.39. The van der Waals surface area contributed by atoms with Crippen molar-refractivity contribution in [1.29, 1.82) is 5.26 Å². The van der Waals surface area contributed by atoms with E-state index in [0.717, 1.165) is 29.4 Å². The summed E-state index contributed by atoms with van der Waals surface area (Å²) in [6, 6.07) is 5.58. The lowest BCUT2D eigenvalue weighted by molar-refractivity contribution is 0.823. The van der Waals surface area contributed by atoms with E-state index < -0.39 is 0 Å². The van der Waals surface area contributed by atoms with Gasteiger partial charge in [-0.2, -0.15) is 5.26 Å². The number of rotatable bonds is 2. The minimum atomic E-state index is 0.103. The minimum Gasteiger partial charge on any atom is -0.384 e. The number of hydrogen-bond donors (Lipinski definition) is 2. The number of pyridine rings is 2. The van der Waals surface area contributed by atoms with E-state index in [1.165, 1.54) is 0 Å². The van der Waals surface area contributed by atoms with E-state index >= 15 is 0 Å². The lowest BCUT2D eigenvalue weighted by atomic mass is 10.1. The van der Waals surface area contributed by atoms with Crippen molar-refractivity contribution in [1.82, 2.24) is 9.97 Å². The van der Waals surface area contributed by atoms with Gasteiger partial charge in [-0.3, -0.25) is 0 Å². The number of nitrogens with zero attached hydrogens (tertiary/aromatic N) is 3. The topological polar surface area (TPSA) is 87.6 Å². The normalized spacial score (nSPS) is 16.2. The number of nitrogens with one attached hydrogen (secondary N) is 1. The van der Waals surface area contributed by atoms with Gasteiger partial charge in [-0.1, -0.05) is 0 Å². The Balaban J connectivity index is 2.19. The molecule has 0 aromatic carbocycles. The van der Waals surface area contributed by atoms with Gasteiger partial charge in [0.05, 0.1) is 0 Å². The summed E-state index contributed by atoms with van der Waals surface area (Å²) in [6.07, 6.45) is 3.91. The molecule has 5 heteroatoms. The molecule has 0 amide bonds. The smallest absolute Gasteiger partial charge is 0.143 e. The number of nitrogen functional groups attached to an aromatic ring is 1. The summed E-state index contributed by atoms with van der Waals surface area (Å²) in [7, 11) is 0. The van der Waals surface area contributed by atoms with Crippen molar-refractivity contribution in [3.8, 4) is 6.07 Å². The van der Waals surface area contributed by atoms with Crippen molar-refractivity contribution in [2.45, 2.75) is 25.3 Å². The first-order chi connectivity index (χ1) is 8.59. The zero-order valence-electron chi connectivity index (χ0n) is 10.1. The second-order valence-corrected chi connectivity index (χ2v) is 4.98. The van der Waals surface area contributed by atoms with Gasteiger partial charge >= 0.3 is 0 Å². The summed E-state index contributed by atoms with van der Waals surface area (Å²) in [5.41, 5.74) is 6.20. The maximum atomic E-state index is 9.00. The molecule has 2 heterocycles. The van der Waals surface area contributed by atoms with Crippen LogP contribution in [-0.4, -0.2) is 15.5 Å². The Kier molecular flexibility index (Phi) is 2.14. The molecular weight excluding hydrogens is 226 g/mol. The van der Waals surface area contributed by atoms with Crippen LogP contribution in [0.3, 0.4) is 0 Å². The van der Waals surface area contributed by atoms with Gasteiger partial charge in [0.2, 0.25) is 0 Å². The average molecular weight is 239 g/mol. The molecule has 1 aliphatic carbocycles. The van der Waals surface area contributed by atoms with E-state index in [-0.39, 0.29) is 5.54 Å². The van der Waals surface area contributed by atoms with Crippen LogP contribution in [0.2, 0.25) is 0 Å². The van der Waals surface area contributed by atoms with E-state index in [1.807, 2.05) is 0 Å². The predicted octanol–water partition coefficient (Wildman–Crippen LogP) is 2.05. The van der Waals surface area contributed by atoms with Crippen LogP contribution >= 0.6 is 0 Å². The number of nitrogens with two attached hydrogens (primary N) is 1. The van der Waals surface area contributed by atoms with Crippen LogP contribution in [0, 0.1) is 11.3 Å². The molecule has 3 N–H and O–H groups in total. The van der Waals surface area contributed by atoms with Gasteiger partial charge in [0.25, 0.3) is 0 Å². The van der Waals surface area contributed by atoms with Crippen LogP contribution in [0.25, 0.3) is 10.8 Å². The third-order valence-corrected chi connectivity index (χ3v) is 3.27. The van der Waals surface area contributed by atoms with Crippen LogP contribution in [0.15, 0.2) is 18.3 Å². The summed E-state index contributed by atoms with van der Waals surface area (Å²) in [5, 5.41) is 14.2. The number of hydrogen-bond acceptors (Lipinski definition) is 5. The van der Waals surface area contributed by atoms with Gasteiger partial charge in [-0.25, -0.2) is 9.97 Å². The molecule has 0 bridgehead atoms. The Labute approximate surface area is 105 Å². The van der Waals surface area contributed by atoms with Crippen molar-refractivity contribution < 1.29 is 0 Å². The fourth-order valence-electron chi connectivity index (χ4n) is 1.91. The maximum absolute atomic E-state index is 9.00. The first-order valence-electron chi connectivity index (χ1n) is 5.84. The van der Waals surface area contributed by atoms with Crippen molar-refractivity contribution in [3.63, 3.8) is 0 Å². The predicted molar refractivity (Wildman–Crippen MR) is 69.9 cm³/mol. The lowest BCUT2D eigenvalue weighted by Gasteiger charge is -2.14. The molecule has 5 nitrogen and oxygen atoms in total. The van der Waals surface area contributed by atoms with Gasteiger partial charge in [-0.15, -0.1) is 0 Å². The van der Waals surface area contributed by atoms with E-state index in [2.05, 4.69) is 28.3 Å². The van der Waals surface area contributed by atoms with Crippen LogP contribution in [-0.2, 0) is 0 Å². The van der Waals surface area contributed by atoms with E-state index in [4.69, 9.17) is 11.0 Å². The zero-order valence-corrected chi connectivity index (χ0v) is 10.1. The molecule has 0 radical (unpaired) electrons. The Bertz CT molecular complexity index is 667. The highest BCUT2D eigenvalue weighted by molar-refractivity contribution is 5.93. The molecule has 1 aliphatic rings. The molecule has 1 fully saturated rings. The fourth-order valence-corrected chi connectivity index (χ4v) is 1.91. The molecule has 0 aliphatic heterocycles. The Morgan fingerprint density at radius 1 is 1.44 bits per heavy atom. The second kappa shape index (κ2) is 3.57. The van der Waals surface area contributed by atoms with Gasteiger partial charge in [-0.05, 0) is 31.9 Å². The SMILES string of the molecule is CC1(Nc2nc(C#N)cc3cnc(N)cc23)CC1. The first-order valence-corrected chi connectivity index (χ1v) is 5.84. The molecule has 90 valence electrons. The Morgan fingerprint density at radius 3 is 2.89 bits per heavy atom. The van der Waals surface area contributed by atoms with Crippen molar-refractivity contribution in [2.75, 3.05) is 11.1 Å². The third-order valence-electron chi connectivity index (χ3n) is 3.27. The summed E-state index contributed by atoms with van der Waals surface area (Å²) in [4.78, 5) is 8.38. The molecule has 0 saturated heterocycles. The number of nitriles is 1. The zero-order chi connectivity index (χ0) is 12.8. The monoisotopic (exact) mass is 239 g/mol. The van der Waals surface area contributed by atoms with Crippen molar-refractivity contribution >= 4 is 22.4 Å². The fraction of sp³-hybridized carbons (Fsp3) is 0.308. The standard InChI is InChI=1S/C13H13N5/c1-13(2-3-13)18-12-10-5-11(15)16-7-8(10)4-9(6-14)17-12/h4-5,7H,2-3H2,1H3,(H2,15,16)(H,17,18). The Morgan fingerprint density at radius 2 is 2.22 bits per heavy atom. The van der Waals surface area contributed by atoms with Crippen molar-refractivity contribution in [3.05, 3.63) is 24.0 Å². The third kappa shape index (κ3) is 1.82. The minimum absolute atomic E-state index is 0.103. The molecule has 2 aromatic heterocycles. The molecule has 0 spiro atoms. The van der Waals surface area contributed by atoms with E-state index in [1.54, 1.807) is 18.3 Å².